The second kappa shape index (κ2) is 29.0. The summed E-state index contributed by atoms with van der Waals surface area (Å²) in [6.07, 6.45) is 0. The van der Waals surface area contributed by atoms with Gasteiger partial charge in [-0.1, -0.05) is 357 Å². The molecule has 0 spiro atoms. The van der Waals surface area contributed by atoms with Crippen molar-refractivity contribution in [1.29, 1.82) is 0 Å². The largest absolute Gasteiger partial charge is 0.456 e. The zero-order valence-electron chi connectivity index (χ0n) is 75.4. The summed E-state index contributed by atoms with van der Waals surface area (Å²) in [5.41, 5.74) is 36.7. The van der Waals surface area contributed by atoms with Gasteiger partial charge in [-0.15, -0.1) is 22.7 Å². The molecule has 3 aliphatic rings. The second-order valence-electron chi connectivity index (χ2n) is 38.7. The van der Waals surface area contributed by atoms with Gasteiger partial charge in [0.1, 0.15) is 11.2 Å². The SMILES string of the molecule is CC1(C)c2ccccc2-c2c1c1c(c3ccccc23)c2ccccc2n1-c1ccc(-c2cccc3c2sc2ccccc23)cc1.CC1(C)c2ccccc2-c2c1c1c3ccccc3n(-c3ccc(-c4ccc5c(c4)sc4ccccc45)cc3)c1c1ccccc21.CC1(C)c2ccccc2-c2cc3c(cc21)c1cc2ccccc2cc1n3-c1ccc(-c2cccc3oc4ccccc4c23)cc1. The Morgan fingerprint density at radius 2 is 0.652 bits per heavy atom. The highest BCUT2D eigenvalue weighted by atomic mass is 32.1. The van der Waals surface area contributed by atoms with Gasteiger partial charge in [0.05, 0.1) is 33.1 Å². The lowest BCUT2D eigenvalue weighted by Gasteiger charge is -2.24. The maximum absolute atomic E-state index is 6.20. The molecule has 0 N–H and O–H groups in total. The van der Waals surface area contributed by atoms with Crippen molar-refractivity contribution in [2.24, 2.45) is 0 Å². The minimum atomic E-state index is -0.142. The molecule has 0 unspecified atom stereocenters. The Morgan fingerprint density at radius 1 is 0.215 bits per heavy atom. The fraction of sp³-hybridized carbons (Fsp3) is 0.0698. The van der Waals surface area contributed by atoms with Crippen LogP contribution in [0.25, 0.3) is 244 Å². The van der Waals surface area contributed by atoms with Crippen molar-refractivity contribution >= 4 is 183 Å². The highest BCUT2D eigenvalue weighted by molar-refractivity contribution is 7.26. The van der Waals surface area contributed by atoms with Crippen LogP contribution in [0.5, 0.6) is 0 Å². The lowest BCUT2D eigenvalue weighted by molar-refractivity contribution is 0.661. The summed E-state index contributed by atoms with van der Waals surface area (Å²) in [7, 11) is 0. The number of aromatic nitrogens is 3. The Balaban J connectivity index is 0.000000101. The first kappa shape index (κ1) is 77.8. The van der Waals surface area contributed by atoms with Crippen LogP contribution in [0.2, 0.25) is 0 Å². The second-order valence-corrected chi connectivity index (χ2v) is 40.9. The number of hydrogen-bond donors (Lipinski definition) is 0. The maximum Gasteiger partial charge on any atom is 0.136 e. The highest BCUT2D eigenvalue weighted by Gasteiger charge is 2.43. The molecule has 0 fully saturated rings. The van der Waals surface area contributed by atoms with Crippen molar-refractivity contribution in [2.75, 3.05) is 0 Å². The number of fused-ring (bicyclic) bond motifs is 36. The molecular formula is C129H87N3OS2. The topological polar surface area (TPSA) is 27.9 Å². The minimum Gasteiger partial charge on any atom is -0.456 e. The summed E-state index contributed by atoms with van der Waals surface area (Å²) >= 11 is 3.77. The van der Waals surface area contributed by atoms with Gasteiger partial charge in [0, 0.05) is 122 Å². The predicted molar refractivity (Wildman–Crippen MR) is 577 cm³/mol. The van der Waals surface area contributed by atoms with Gasteiger partial charge in [0.2, 0.25) is 0 Å². The van der Waals surface area contributed by atoms with E-state index in [9.17, 15) is 0 Å². The first-order valence-electron chi connectivity index (χ1n) is 47.1. The van der Waals surface area contributed by atoms with Crippen LogP contribution in [-0.2, 0) is 16.2 Å². The van der Waals surface area contributed by atoms with Crippen LogP contribution in [0.1, 0.15) is 74.9 Å². The molecule has 0 saturated heterocycles. The predicted octanol–water partition coefficient (Wildman–Crippen LogP) is 36.4. The summed E-state index contributed by atoms with van der Waals surface area (Å²) in [5, 5.41) is 23.4. The third-order valence-corrected chi connectivity index (χ3v) is 32.8. The summed E-state index contributed by atoms with van der Waals surface area (Å²) in [5.74, 6) is 0. The average Bonchev–Trinajstić information content (AvgIpc) is 1.52. The molecule has 3 aliphatic carbocycles. The van der Waals surface area contributed by atoms with Gasteiger partial charge in [-0.25, -0.2) is 0 Å². The lowest BCUT2D eigenvalue weighted by atomic mass is 9.79. The quantitative estimate of drug-likeness (QED) is 0.163. The normalized spacial score (nSPS) is 13.7. The molecular weight excluding hydrogens is 1670 g/mol. The highest BCUT2D eigenvalue weighted by Crippen LogP contribution is 2.60. The molecule has 6 aromatic heterocycles. The number of para-hydroxylation sites is 3. The van der Waals surface area contributed by atoms with Crippen LogP contribution >= 0.6 is 22.7 Å². The van der Waals surface area contributed by atoms with E-state index in [0.29, 0.717) is 0 Å². The summed E-state index contributed by atoms with van der Waals surface area (Å²) in [6.45, 7) is 14.3. The Kier molecular flexibility index (Phi) is 16.7. The van der Waals surface area contributed by atoms with Gasteiger partial charge in [-0.3, -0.25) is 0 Å². The minimum absolute atomic E-state index is 0.0503. The molecule has 30 rings (SSSR count). The molecule has 0 radical (unpaired) electrons. The van der Waals surface area contributed by atoms with Crippen molar-refractivity contribution < 1.29 is 4.42 Å². The van der Waals surface area contributed by atoms with E-state index >= 15 is 0 Å². The van der Waals surface area contributed by atoms with E-state index in [4.69, 9.17) is 4.42 Å². The molecule has 0 aliphatic heterocycles. The van der Waals surface area contributed by atoms with Gasteiger partial charge >= 0.3 is 0 Å². The summed E-state index contributed by atoms with van der Waals surface area (Å²) in [4.78, 5) is 0. The zero-order chi connectivity index (χ0) is 89.6. The van der Waals surface area contributed by atoms with E-state index in [1.807, 2.05) is 34.8 Å². The number of thiophene rings is 2. The van der Waals surface area contributed by atoms with Gasteiger partial charge < -0.3 is 18.1 Å². The van der Waals surface area contributed by atoms with Crippen LogP contribution in [0, 0.1) is 0 Å². The smallest absolute Gasteiger partial charge is 0.136 e. The van der Waals surface area contributed by atoms with Crippen LogP contribution in [0.4, 0.5) is 0 Å². The Bertz CT molecular complexity index is 9780. The Morgan fingerprint density at radius 3 is 1.33 bits per heavy atom. The Labute approximate surface area is 788 Å². The number of rotatable bonds is 6. The summed E-state index contributed by atoms with van der Waals surface area (Å²) < 4.78 is 19.1. The van der Waals surface area contributed by atoms with Crippen LogP contribution < -0.4 is 0 Å². The van der Waals surface area contributed by atoms with E-state index in [1.54, 1.807) is 0 Å². The first-order valence-corrected chi connectivity index (χ1v) is 48.7. The molecule has 0 saturated carbocycles. The number of hydrogen-bond acceptors (Lipinski definition) is 3. The van der Waals surface area contributed by atoms with E-state index in [0.717, 1.165) is 22.2 Å². The van der Waals surface area contributed by atoms with Crippen molar-refractivity contribution in [3.8, 4) is 83.8 Å². The fourth-order valence-corrected chi connectivity index (χ4v) is 26.8. The molecule has 135 heavy (non-hydrogen) atoms. The van der Waals surface area contributed by atoms with Crippen molar-refractivity contribution in [2.45, 2.75) is 57.8 Å². The van der Waals surface area contributed by atoms with Gasteiger partial charge in [0.25, 0.3) is 0 Å². The molecule has 636 valence electrons. The van der Waals surface area contributed by atoms with Crippen molar-refractivity contribution in [3.63, 3.8) is 0 Å². The monoisotopic (exact) mass is 1760 g/mol. The van der Waals surface area contributed by atoms with E-state index in [2.05, 4.69) is 462 Å². The van der Waals surface area contributed by atoms with E-state index in [1.165, 1.54) is 255 Å². The van der Waals surface area contributed by atoms with Crippen molar-refractivity contribution in [1.82, 2.24) is 13.7 Å². The number of nitrogens with zero attached hydrogens (tertiary/aromatic N) is 3. The zero-order valence-corrected chi connectivity index (χ0v) is 77.0. The van der Waals surface area contributed by atoms with Crippen molar-refractivity contribution in [3.05, 3.63) is 452 Å². The number of furan rings is 1. The third kappa shape index (κ3) is 11.2. The lowest BCUT2D eigenvalue weighted by Crippen LogP contribution is -2.16. The molecule has 21 aromatic carbocycles. The van der Waals surface area contributed by atoms with Gasteiger partial charge in [0.15, 0.2) is 0 Å². The van der Waals surface area contributed by atoms with Crippen LogP contribution in [0.15, 0.2) is 423 Å². The molecule has 6 heterocycles. The van der Waals surface area contributed by atoms with Crippen LogP contribution in [0.3, 0.4) is 0 Å². The molecule has 0 amide bonds. The van der Waals surface area contributed by atoms with E-state index in [-0.39, 0.29) is 16.2 Å². The van der Waals surface area contributed by atoms with E-state index < -0.39 is 0 Å². The molecule has 0 atom stereocenters. The first-order chi connectivity index (χ1) is 66.3. The van der Waals surface area contributed by atoms with Crippen LogP contribution in [-0.4, -0.2) is 13.7 Å². The molecule has 6 heteroatoms. The number of benzene rings is 21. The van der Waals surface area contributed by atoms with Gasteiger partial charge in [-0.05, 0) is 230 Å². The standard InChI is InChI=1S/C43H29NO.2C43H29NS/c1-43(2)36-15-7-5-12-31(36)33-25-39-35(24-37(33)43)34-22-27-10-3-4-11-28(27)23-38(34)44(39)29-20-18-26(19-21-29)30-14-9-17-41-42(30)32-13-6-8-16-40(32)45-41;1-43(2)35-19-8-5-15-33(35)38-30-13-3-4-14-31(30)39-34-16-6-9-20-36(34)44(41(39)40(38)43)27-24-22-26(23-25-27)28-17-11-18-32-29-12-7-10-21-37(29)45-42(28)32;1-43(2)35-16-8-5-14-33(35)39-31-12-3-4-13-32(31)42-40(41(39)43)34-15-6-9-17-36(34)44(42)28-22-19-26(20-23-28)27-21-24-30-29-11-7-10-18-37(29)45-38(30)25-27/h3*3-25H,1-2H3. The fourth-order valence-electron chi connectivity index (χ4n) is 24.4. The maximum atomic E-state index is 6.20. The van der Waals surface area contributed by atoms with Gasteiger partial charge in [-0.2, -0.15) is 0 Å². The molecule has 27 aromatic rings. The molecule has 0 bridgehead atoms. The summed E-state index contributed by atoms with van der Waals surface area (Å²) in [6, 6.07) is 155. The third-order valence-electron chi connectivity index (χ3n) is 30.5. The average molecular weight is 1760 g/mol. The molecule has 4 nitrogen and oxygen atoms in total. The Hall–Kier alpha value is -16.0.